The van der Waals surface area contributed by atoms with Gasteiger partial charge in [0, 0.05) is 25.0 Å². The molecule has 3 aromatic rings. The molecule has 2 aromatic carbocycles. The lowest BCUT2D eigenvalue weighted by Crippen LogP contribution is -2.59. The molecule has 254 valence electrons. The summed E-state index contributed by atoms with van der Waals surface area (Å²) in [5.74, 6) is -0.613. The number of aliphatic hydroxyl groups is 1. The van der Waals surface area contributed by atoms with Gasteiger partial charge in [0.2, 0.25) is 11.8 Å². The molecule has 0 spiro atoms. The van der Waals surface area contributed by atoms with Crippen molar-refractivity contribution in [1.29, 1.82) is 0 Å². The maximum Gasteiger partial charge on any atom is 0.270 e. The van der Waals surface area contributed by atoms with Crippen LogP contribution in [0.2, 0.25) is 0 Å². The van der Waals surface area contributed by atoms with Crippen LogP contribution in [0.15, 0.2) is 66.7 Å². The summed E-state index contributed by atoms with van der Waals surface area (Å²) in [6, 6.07) is 18.0. The van der Waals surface area contributed by atoms with Crippen LogP contribution in [0.5, 0.6) is 0 Å². The first-order valence-electron chi connectivity index (χ1n) is 17.6. The number of aliphatic hydroxyl groups excluding tert-OH is 1. The molecule has 2 aliphatic heterocycles. The van der Waals surface area contributed by atoms with Gasteiger partial charge in [-0.05, 0) is 55.2 Å². The van der Waals surface area contributed by atoms with E-state index in [4.69, 9.17) is 0 Å². The average Bonchev–Trinajstić information content (AvgIpc) is 3.38. The fourth-order valence-electron chi connectivity index (χ4n) is 7.83. The van der Waals surface area contributed by atoms with Gasteiger partial charge in [-0.15, -0.1) is 0 Å². The van der Waals surface area contributed by atoms with Crippen molar-refractivity contribution in [3.63, 3.8) is 0 Å². The van der Waals surface area contributed by atoms with Gasteiger partial charge < -0.3 is 15.7 Å². The molecule has 3 fully saturated rings. The number of fused-ring (bicyclic) bond motifs is 2. The lowest BCUT2D eigenvalue weighted by Gasteiger charge is -2.46. The van der Waals surface area contributed by atoms with Crippen molar-refractivity contribution in [2.75, 3.05) is 19.6 Å². The summed E-state index contributed by atoms with van der Waals surface area (Å²) in [5, 5.41) is 18.7. The molecule has 6 rings (SSSR count). The molecular weight excluding hydrogens is 606 g/mol. The molecule has 2 saturated heterocycles. The summed E-state index contributed by atoms with van der Waals surface area (Å²) in [5.41, 5.74) is 1.68. The Kier molecular flexibility index (Phi) is 10.8. The van der Waals surface area contributed by atoms with E-state index in [2.05, 4.69) is 27.4 Å². The standard InChI is InChI=1S/C38H47N5O5/c1-2-3-19-39-37(47)33-21-27-14-7-8-15-28(27)23-42(33)24-34(44)32(20-25-11-5-4-6-12-25)43-35(45)22-31(38(43)48)41-36(46)30-18-17-26-13-9-10-16-29(26)40-30/h4-6,9-13,16-18,27-28,31-34,44H,2-3,7-8,14-15,19-24H2,1H3,(H,39,47)(H,41,46)/t27-,28+,31-,32-,33-,34+/m0/s1. The number of likely N-dealkylation sites (tertiary alicyclic amines) is 2. The highest BCUT2D eigenvalue weighted by Crippen LogP contribution is 2.39. The molecule has 6 atom stereocenters. The molecule has 1 aromatic heterocycles. The zero-order chi connectivity index (χ0) is 33.6. The first-order valence-corrected chi connectivity index (χ1v) is 17.6. The fraction of sp³-hybridized carbons (Fsp3) is 0.500. The molecule has 10 nitrogen and oxygen atoms in total. The van der Waals surface area contributed by atoms with Crippen molar-refractivity contribution in [3.05, 3.63) is 78.0 Å². The molecule has 3 heterocycles. The van der Waals surface area contributed by atoms with Gasteiger partial charge in [0.25, 0.3) is 11.8 Å². The first-order chi connectivity index (χ1) is 23.3. The van der Waals surface area contributed by atoms with E-state index < -0.39 is 35.9 Å². The number of carbonyl (C=O) groups excluding carboxylic acids is 4. The lowest BCUT2D eigenvalue weighted by atomic mass is 9.72. The molecule has 3 aliphatic rings. The third-order valence-corrected chi connectivity index (χ3v) is 10.4. The Morgan fingerprint density at radius 2 is 1.73 bits per heavy atom. The molecule has 0 radical (unpaired) electrons. The van der Waals surface area contributed by atoms with Crippen LogP contribution in [0.4, 0.5) is 0 Å². The Morgan fingerprint density at radius 3 is 2.52 bits per heavy atom. The zero-order valence-corrected chi connectivity index (χ0v) is 27.7. The van der Waals surface area contributed by atoms with E-state index in [0.29, 0.717) is 30.4 Å². The Morgan fingerprint density at radius 1 is 0.979 bits per heavy atom. The predicted molar refractivity (Wildman–Crippen MR) is 183 cm³/mol. The van der Waals surface area contributed by atoms with E-state index >= 15 is 0 Å². The molecule has 48 heavy (non-hydrogen) atoms. The molecule has 1 saturated carbocycles. The van der Waals surface area contributed by atoms with Crippen molar-refractivity contribution < 1.29 is 24.3 Å². The number of nitrogens with zero attached hydrogens (tertiary/aromatic N) is 3. The molecule has 0 unspecified atom stereocenters. The second-order valence-corrected chi connectivity index (χ2v) is 13.7. The van der Waals surface area contributed by atoms with Gasteiger partial charge in [-0.2, -0.15) is 0 Å². The number of hydrogen-bond donors (Lipinski definition) is 3. The first kappa shape index (κ1) is 33.7. The number of β-amino-alcohol motifs (C(OH)–C–C–N with tert-alkyl or cyclic N) is 1. The Labute approximate surface area is 282 Å². The monoisotopic (exact) mass is 653 g/mol. The number of hydrogen-bond acceptors (Lipinski definition) is 7. The van der Waals surface area contributed by atoms with Crippen molar-refractivity contribution >= 4 is 34.5 Å². The van der Waals surface area contributed by atoms with E-state index in [-0.39, 0.29) is 37.0 Å². The smallest absolute Gasteiger partial charge is 0.270 e. The Bertz CT molecular complexity index is 1620. The van der Waals surface area contributed by atoms with Crippen LogP contribution in [-0.4, -0.2) is 87.4 Å². The zero-order valence-electron chi connectivity index (χ0n) is 27.7. The van der Waals surface area contributed by atoms with Gasteiger partial charge in [-0.25, -0.2) is 4.98 Å². The van der Waals surface area contributed by atoms with Crippen molar-refractivity contribution in [2.45, 2.75) is 88.9 Å². The second-order valence-electron chi connectivity index (χ2n) is 13.7. The molecular formula is C38H47N5O5. The molecule has 4 amide bonds. The number of amides is 4. The number of imide groups is 1. The summed E-state index contributed by atoms with van der Waals surface area (Å²) in [6.45, 7) is 3.56. The minimum atomic E-state index is -1.11. The van der Waals surface area contributed by atoms with Crippen LogP contribution >= 0.6 is 0 Å². The van der Waals surface area contributed by atoms with Gasteiger partial charge in [-0.3, -0.25) is 29.0 Å². The maximum atomic E-state index is 13.9. The Hall–Kier alpha value is -4.15. The summed E-state index contributed by atoms with van der Waals surface area (Å²) >= 11 is 0. The van der Waals surface area contributed by atoms with Gasteiger partial charge in [-0.1, -0.05) is 87.2 Å². The fourth-order valence-corrected chi connectivity index (χ4v) is 7.83. The van der Waals surface area contributed by atoms with Gasteiger partial charge in [0.1, 0.15) is 11.7 Å². The normalized spacial score (nSPS) is 24.2. The molecule has 3 N–H and O–H groups in total. The van der Waals surface area contributed by atoms with Crippen molar-refractivity contribution in [1.82, 2.24) is 25.4 Å². The Balaban J connectivity index is 1.21. The van der Waals surface area contributed by atoms with Gasteiger partial charge >= 0.3 is 0 Å². The van der Waals surface area contributed by atoms with Crippen molar-refractivity contribution in [3.8, 4) is 0 Å². The highest BCUT2D eigenvalue weighted by molar-refractivity contribution is 6.08. The summed E-state index contributed by atoms with van der Waals surface area (Å²) in [7, 11) is 0. The highest BCUT2D eigenvalue weighted by atomic mass is 16.3. The number of benzene rings is 2. The minimum absolute atomic E-state index is 0.0160. The number of rotatable bonds is 12. The number of pyridine rings is 1. The topological polar surface area (TPSA) is 132 Å². The van der Waals surface area contributed by atoms with Crippen LogP contribution < -0.4 is 10.6 Å². The highest BCUT2D eigenvalue weighted by Gasteiger charge is 2.47. The lowest BCUT2D eigenvalue weighted by molar-refractivity contribution is -0.146. The number of unbranched alkanes of at least 4 members (excludes halogenated alkanes) is 1. The summed E-state index contributed by atoms with van der Waals surface area (Å²) in [6.07, 6.45) is 6.14. The number of nitrogens with one attached hydrogen (secondary N) is 2. The van der Waals surface area contributed by atoms with E-state index in [1.165, 1.54) is 12.8 Å². The predicted octanol–water partition coefficient (Wildman–Crippen LogP) is 3.86. The molecule has 10 heteroatoms. The average molecular weight is 654 g/mol. The van der Waals surface area contributed by atoms with Crippen LogP contribution in [0.1, 0.15) is 74.3 Å². The maximum absolute atomic E-state index is 13.9. The third-order valence-electron chi connectivity index (χ3n) is 10.4. The van der Waals surface area contributed by atoms with E-state index in [9.17, 15) is 24.3 Å². The molecule has 0 bridgehead atoms. The van der Waals surface area contributed by atoms with E-state index in [1.54, 1.807) is 12.1 Å². The van der Waals surface area contributed by atoms with Gasteiger partial charge in [0.05, 0.1) is 30.1 Å². The largest absolute Gasteiger partial charge is 0.390 e. The minimum Gasteiger partial charge on any atom is -0.390 e. The van der Waals surface area contributed by atoms with Crippen LogP contribution in [-0.2, 0) is 20.8 Å². The second kappa shape index (κ2) is 15.4. The summed E-state index contributed by atoms with van der Waals surface area (Å²) < 4.78 is 0. The van der Waals surface area contributed by atoms with Crippen LogP contribution in [0, 0.1) is 11.8 Å². The molecule has 1 aliphatic carbocycles. The number of para-hydroxylation sites is 1. The number of aromatic nitrogens is 1. The van der Waals surface area contributed by atoms with Crippen molar-refractivity contribution in [2.24, 2.45) is 11.8 Å². The van der Waals surface area contributed by atoms with Crippen LogP contribution in [0.3, 0.4) is 0 Å². The van der Waals surface area contributed by atoms with E-state index in [1.807, 2.05) is 54.6 Å². The quantitative estimate of drug-likeness (QED) is 0.200. The van der Waals surface area contributed by atoms with Gasteiger partial charge in [0.15, 0.2) is 0 Å². The number of piperidine rings is 1. The van der Waals surface area contributed by atoms with Crippen LogP contribution in [0.25, 0.3) is 10.9 Å². The third kappa shape index (κ3) is 7.60. The SMILES string of the molecule is CCCCNC(=O)[C@@H]1C[C@@H]2CCCC[C@@H]2CN1C[C@@H](O)[C@H](Cc1ccccc1)N1C(=O)C[C@H](NC(=O)c2ccc3ccccc3n2)C1=O. The summed E-state index contributed by atoms with van der Waals surface area (Å²) in [4.78, 5) is 61.9. The number of carbonyl (C=O) groups is 4. The van der Waals surface area contributed by atoms with E-state index in [0.717, 1.165) is 48.0 Å².